The first-order chi connectivity index (χ1) is 11.6. The van der Waals surface area contributed by atoms with Gasteiger partial charge in [0, 0.05) is 6.42 Å². The smallest absolute Gasteiger partial charge is 0.261 e. The molecule has 0 radical (unpaired) electrons. The SMILES string of the molecule is CC(C)(C)[Si](C)(C)O[Si](C)(C)C(C)(C)C.CS(=O)(=O)O.OCC#CCCO. The maximum Gasteiger partial charge on any atom is 0.261 e. The van der Waals surface area contributed by atoms with Crippen LogP contribution in [0.15, 0.2) is 0 Å². The highest BCUT2D eigenvalue weighted by Crippen LogP contribution is 2.44. The van der Waals surface area contributed by atoms with Crippen LogP contribution in [-0.4, -0.2) is 59.3 Å². The molecule has 0 aliphatic carbocycles. The summed E-state index contributed by atoms with van der Waals surface area (Å²) in [6.45, 7) is 23.3. The van der Waals surface area contributed by atoms with E-state index in [1.165, 1.54) is 0 Å². The van der Waals surface area contributed by atoms with E-state index in [9.17, 15) is 8.42 Å². The largest absolute Gasteiger partial charge is 0.455 e. The quantitative estimate of drug-likeness (QED) is 0.348. The van der Waals surface area contributed by atoms with Crippen molar-refractivity contribution < 1.29 is 27.3 Å². The second-order valence-corrected chi connectivity index (χ2v) is 20.7. The molecule has 0 bridgehead atoms. The summed E-state index contributed by atoms with van der Waals surface area (Å²) in [7, 11) is -6.84. The molecule has 0 fully saturated rings. The summed E-state index contributed by atoms with van der Waals surface area (Å²) in [6, 6.07) is 0. The van der Waals surface area contributed by atoms with E-state index in [2.05, 4.69) is 79.6 Å². The molecule has 27 heavy (non-hydrogen) atoms. The van der Waals surface area contributed by atoms with Crippen molar-refractivity contribution in [3.05, 3.63) is 0 Å². The van der Waals surface area contributed by atoms with Crippen molar-refractivity contribution >= 4 is 26.8 Å². The molecule has 0 aromatic carbocycles. The zero-order chi connectivity index (χ0) is 22.7. The molecule has 0 rings (SSSR count). The average molecular weight is 443 g/mol. The third-order valence-corrected chi connectivity index (χ3v) is 15.9. The van der Waals surface area contributed by atoms with Gasteiger partial charge in [-0.3, -0.25) is 4.55 Å². The lowest BCUT2D eigenvalue weighted by atomic mass is 10.2. The summed E-state index contributed by atoms with van der Waals surface area (Å²) >= 11 is 0. The predicted molar refractivity (Wildman–Crippen MR) is 120 cm³/mol. The van der Waals surface area contributed by atoms with Crippen LogP contribution in [0.4, 0.5) is 0 Å². The fourth-order valence-corrected chi connectivity index (χ4v) is 8.70. The van der Waals surface area contributed by atoms with Crippen LogP contribution >= 0.6 is 0 Å². The van der Waals surface area contributed by atoms with Crippen molar-refractivity contribution in [2.24, 2.45) is 0 Å². The minimum atomic E-state index is -3.67. The summed E-state index contributed by atoms with van der Waals surface area (Å²) in [6.07, 6.45) is 1.17. The molecule has 0 aliphatic rings. The first-order valence-corrected chi connectivity index (χ1v) is 16.6. The van der Waals surface area contributed by atoms with Crippen LogP contribution in [0.1, 0.15) is 48.0 Å². The van der Waals surface area contributed by atoms with Crippen molar-refractivity contribution in [1.29, 1.82) is 0 Å². The van der Waals surface area contributed by atoms with Crippen LogP contribution in [0.5, 0.6) is 0 Å². The maximum absolute atomic E-state index is 9.19. The molecule has 0 amide bonds. The number of hydrogen-bond donors (Lipinski definition) is 3. The average Bonchev–Trinajstić information content (AvgIpc) is 2.34. The van der Waals surface area contributed by atoms with Gasteiger partial charge in [-0.2, -0.15) is 8.42 Å². The molecule has 9 heteroatoms. The van der Waals surface area contributed by atoms with E-state index < -0.39 is 26.8 Å². The molecular weight excluding hydrogens is 400 g/mol. The van der Waals surface area contributed by atoms with Crippen molar-refractivity contribution in [3.8, 4) is 11.8 Å². The molecule has 0 aromatic rings. The van der Waals surface area contributed by atoms with Gasteiger partial charge in [0.15, 0.2) is 16.6 Å². The van der Waals surface area contributed by atoms with Crippen LogP contribution in [0.2, 0.25) is 36.3 Å². The Hall–Kier alpha value is -0.216. The Morgan fingerprint density at radius 3 is 1.33 bits per heavy atom. The molecule has 0 unspecified atom stereocenters. The molecule has 0 saturated heterocycles. The normalized spacial score (nSPS) is 12.7. The summed E-state index contributed by atoms with van der Waals surface area (Å²) in [4.78, 5) is 0. The first-order valence-electron chi connectivity index (χ1n) is 8.92. The van der Waals surface area contributed by atoms with E-state index in [4.69, 9.17) is 18.9 Å². The van der Waals surface area contributed by atoms with Crippen LogP contribution in [0, 0.1) is 11.8 Å². The lowest BCUT2D eigenvalue weighted by Crippen LogP contribution is -2.53. The fourth-order valence-electron chi connectivity index (χ4n) is 1.14. The van der Waals surface area contributed by atoms with Crippen molar-refractivity contribution in [3.63, 3.8) is 0 Å². The Kier molecular flexibility index (Phi) is 14.4. The lowest BCUT2D eigenvalue weighted by Gasteiger charge is -2.47. The summed E-state index contributed by atoms with van der Waals surface area (Å²) in [5.41, 5.74) is 0. The van der Waals surface area contributed by atoms with E-state index in [0.717, 1.165) is 0 Å². The number of aliphatic hydroxyl groups is 2. The second kappa shape index (κ2) is 12.4. The van der Waals surface area contributed by atoms with E-state index in [0.29, 0.717) is 22.8 Å². The number of rotatable bonds is 3. The van der Waals surface area contributed by atoms with Gasteiger partial charge in [0.25, 0.3) is 10.1 Å². The summed E-state index contributed by atoms with van der Waals surface area (Å²) in [5, 5.41) is 16.8. The van der Waals surface area contributed by atoms with Gasteiger partial charge >= 0.3 is 0 Å². The van der Waals surface area contributed by atoms with Crippen LogP contribution in [0.25, 0.3) is 0 Å². The van der Waals surface area contributed by atoms with E-state index in [-0.39, 0.29) is 13.2 Å². The summed E-state index contributed by atoms with van der Waals surface area (Å²) in [5.74, 6) is 4.93. The van der Waals surface area contributed by atoms with Crippen molar-refractivity contribution in [2.75, 3.05) is 19.5 Å². The van der Waals surface area contributed by atoms with Crippen LogP contribution in [-0.2, 0) is 14.2 Å². The van der Waals surface area contributed by atoms with Gasteiger partial charge in [0.2, 0.25) is 0 Å². The minimum Gasteiger partial charge on any atom is -0.455 e. The monoisotopic (exact) mass is 442 g/mol. The van der Waals surface area contributed by atoms with Gasteiger partial charge in [-0.05, 0) is 36.3 Å². The molecule has 0 atom stereocenters. The molecule has 0 saturated carbocycles. The molecule has 0 aliphatic heterocycles. The maximum atomic E-state index is 9.19. The van der Waals surface area contributed by atoms with Crippen molar-refractivity contribution in [1.82, 2.24) is 0 Å². The summed E-state index contributed by atoms with van der Waals surface area (Å²) < 4.78 is 32.5. The molecule has 0 spiro atoms. The zero-order valence-corrected chi connectivity index (χ0v) is 21.9. The second-order valence-electron chi connectivity index (χ2n) is 9.34. The molecule has 3 N–H and O–H groups in total. The molecule has 0 heterocycles. The van der Waals surface area contributed by atoms with Crippen LogP contribution in [0.3, 0.4) is 0 Å². The van der Waals surface area contributed by atoms with E-state index >= 15 is 0 Å². The van der Waals surface area contributed by atoms with E-state index in [1.807, 2.05) is 0 Å². The number of hydrogen-bond acceptors (Lipinski definition) is 5. The van der Waals surface area contributed by atoms with Gasteiger partial charge in [0.05, 0.1) is 12.9 Å². The van der Waals surface area contributed by atoms with Gasteiger partial charge in [-0.15, -0.1) is 0 Å². The zero-order valence-electron chi connectivity index (χ0n) is 19.1. The van der Waals surface area contributed by atoms with Gasteiger partial charge in [0.1, 0.15) is 6.61 Å². The van der Waals surface area contributed by atoms with Gasteiger partial charge < -0.3 is 14.3 Å². The molecular formula is C18H42O6SSi2. The standard InChI is InChI=1S/C12H30OSi2.C5H8O2.CH4O3S/c1-11(2,3)14(7,8)13-15(9,10)12(4,5)6;6-4-2-1-3-5-7;1-5(2,3)4/h1-10H3;6-7H,2,4-5H2;1H3,(H,2,3,4). The van der Waals surface area contributed by atoms with Gasteiger partial charge in [-0.1, -0.05) is 53.4 Å². The Morgan fingerprint density at radius 2 is 1.15 bits per heavy atom. The van der Waals surface area contributed by atoms with Gasteiger partial charge in [-0.25, -0.2) is 0 Å². The molecule has 164 valence electrons. The Labute approximate surface area is 169 Å². The fraction of sp³-hybridized carbons (Fsp3) is 0.889. The minimum absolute atomic E-state index is 0.0764. The third kappa shape index (κ3) is 18.9. The Balaban J connectivity index is -0.000000396. The molecule has 6 nitrogen and oxygen atoms in total. The first kappa shape index (κ1) is 31.5. The lowest BCUT2D eigenvalue weighted by molar-refractivity contribution is 0.304. The Bertz CT molecular complexity index is 529. The predicted octanol–water partition coefficient (Wildman–Crippen LogP) is 3.88. The van der Waals surface area contributed by atoms with E-state index in [1.54, 1.807) is 0 Å². The molecule has 0 aromatic heterocycles. The Morgan fingerprint density at radius 1 is 0.852 bits per heavy atom. The van der Waals surface area contributed by atoms with Crippen LogP contribution < -0.4 is 0 Å². The highest BCUT2D eigenvalue weighted by molar-refractivity contribution is 7.85. The highest BCUT2D eigenvalue weighted by Gasteiger charge is 2.46. The topological polar surface area (TPSA) is 104 Å². The number of aliphatic hydroxyl groups excluding tert-OH is 2. The third-order valence-electron chi connectivity index (χ3n) is 4.56. The van der Waals surface area contributed by atoms with Crippen molar-refractivity contribution in [2.45, 2.75) is 84.2 Å². The highest BCUT2D eigenvalue weighted by atomic mass is 32.2.